The van der Waals surface area contributed by atoms with E-state index in [9.17, 15) is 39.9 Å². The van der Waals surface area contributed by atoms with Crippen LogP contribution in [0, 0.1) is 0 Å². The first-order valence-corrected chi connectivity index (χ1v) is 10.9. The Morgan fingerprint density at radius 3 is 2.32 bits per heavy atom. The number of phenolic OH excluding ortho intramolecular Hbond substituents is 2. The Kier molecular flexibility index (Phi) is 7.31. The predicted molar refractivity (Wildman–Crippen MR) is 122 cm³/mol. The molecule has 0 amide bonds. The normalized spacial score (nSPS) is 23.5. The molecule has 0 bridgehead atoms. The lowest BCUT2D eigenvalue weighted by Crippen LogP contribution is -2.60. The van der Waals surface area contributed by atoms with Crippen LogP contribution in [0.2, 0.25) is 0 Å². The standard InChI is InChI=1S/C24H22O13/c25-11-6-12(10-4-2-1-3-5-10)35-13-7-14(19(29)21(31)18(11)13)36-24-23(33)22(32)20(30)15(37-24)9-34-17(28)8-16(26)27/h1-7,15,20,22-24,29-33H,8-9H2,(H,26,27)/t15-,20-,22+,23-,24-/m1/s1. The second-order valence-corrected chi connectivity index (χ2v) is 8.17. The molecule has 1 fully saturated rings. The van der Waals surface area contributed by atoms with Gasteiger partial charge in [0, 0.05) is 17.7 Å². The van der Waals surface area contributed by atoms with Crippen molar-refractivity contribution in [2.45, 2.75) is 37.1 Å². The number of fused-ring (bicyclic) bond motifs is 1. The summed E-state index contributed by atoms with van der Waals surface area (Å²) >= 11 is 0. The van der Waals surface area contributed by atoms with Crippen LogP contribution in [-0.4, -0.2) is 79.9 Å². The lowest BCUT2D eigenvalue weighted by atomic mass is 9.99. The molecule has 0 radical (unpaired) electrons. The molecule has 1 saturated heterocycles. The van der Waals surface area contributed by atoms with Gasteiger partial charge in [-0.15, -0.1) is 0 Å². The Hall–Kier alpha value is -4.17. The molecule has 0 unspecified atom stereocenters. The summed E-state index contributed by atoms with van der Waals surface area (Å²) in [6.07, 6.45) is -9.67. The number of carboxylic acids is 1. The first-order valence-electron chi connectivity index (χ1n) is 10.9. The topological polar surface area (TPSA) is 213 Å². The number of carbonyl (C=O) groups excluding carboxylic acids is 1. The smallest absolute Gasteiger partial charge is 0.317 e. The molecule has 13 nitrogen and oxygen atoms in total. The zero-order chi connectivity index (χ0) is 26.9. The molecule has 196 valence electrons. The third-order valence-corrected chi connectivity index (χ3v) is 5.61. The van der Waals surface area contributed by atoms with Crippen molar-refractivity contribution in [2.24, 2.45) is 0 Å². The number of aromatic hydroxyl groups is 2. The predicted octanol–water partition coefficient (Wildman–Crippen LogP) is 0.0755. The van der Waals surface area contributed by atoms with Crippen molar-refractivity contribution in [2.75, 3.05) is 6.61 Å². The van der Waals surface area contributed by atoms with Crippen LogP contribution >= 0.6 is 0 Å². The number of hydrogen-bond acceptors (Lipinski definition) is 12. The molecule has 1 aromatic heterocycles. The van der Waals surface area contributed by atoms with E-state index in [4.69, 9.17) is 23.7 Å². The fourth-order valence-electron chi connectivity index (χ4n) is 3.73. The van der Waals surface area contributed by atoms with Crippen LogP contribution in [-0.2, 0) is 19.1 Å². The van der Waals surface area contributed by atoms with Gasteiger partial charge < -0.3 is 49.3 Å². The third kappa shape index (κ3) is 5.34. The first-order chi connectivity index (χ1) is 17.6. The number of carboxylic acid groups (broad SMARTS) is 1. The molecular weight excluding hydrogens is 496 g/mol. The molecule has 0 spiro atoms. The van der Waals surface area contributed by atoms with E-state index in [1.54, 1.807) is 30.3 Å². The Bertz CT molecular complexity index is 1370. The second kappa shape index (κ2) is 10.4. The number of aliphatic hydroxyl groups excluding tert-OH is 3. The highest BCUT2D eigenvalue weighted by atomic mass is 16.7. The Balaban J connectivity index is 1.63. The van der Waals surface area contributed by atoms with Gasteiger partial charge in [0.2, 0.25) is 12.0 Å². The molecule has 0 saturated carbocycles. The van der Waals surface area contributed by atoms with E-state index in [0.29, 0.717) is 5.56 Å². The molecule has 1 aliphatic rings. The quantitative estimate of drug-likeness (QED) is 0.139. The SMILES string of the molecule is O=C(O)CC(=O)OC[C@H]1O[C@@H](Oc2cc3oc(-c4ccccc4)cc(=O)c3c(O)c2O)[C@H](O)[C@@H](O)[C@@H]1O. The van der Waals surface area contributed by atoms with Crippen molar-refractivity contribution in [3.63, 3.8) is 0 Å². The Labute approximate surface area is 207 Å². The highest BCUT2D eigenvalue weighted by Crippen LogP contribution is 2.42. The monoisotopic (exact) mass is 518 g/mol. The Morgan fingerprint density at radius 1 is 0.946 bits per heavy atom. The molecule has 1 aliphatic heterocycles. The van der Waals surface area contributed by atoms with Crippen LogP contribution in [0.25, 0.3) is 22.3 Å². The van der Waals surface area contributed by atoms with Gasteiger partial charge >= 0.3 is 11.9 Å². The summed E-state index contributed by atoms with van der Waals surface area (Å²) in [4.78, 5) is 34.7. The minimum absolute atomic E-state index is 0.157. The van der Waals surface area contributed by atoms with Gasteiger partial charge in [-0.05, 0) is 0 Å². The van der Waals surface area contributed by atoms with E-state index in [2.05, 4.69) is 0 Å². The number of esters is 1. The molecular formula is C24H22O13. The van der Waals surface area contributed by atoms with E-state index in [1.807, 2.05) is 0 Å². The van der Waals surface area contributed by atoms with Crippen molar-refractivity contribution in [3.8, 4) is 28.6 Å². The summed E-state index contributed by atoms with van der Waals surface area (Å²) in [6.45, 7) is -0.693. The van der Waals surface area contributed by atoms with Crippen LogP contribution in [0.5, 0.6) is 17.2 Å². The van der Waals surface area contributed by atoms with E-state index in [0.717, 1.165) is 12.1 Å². The number of ether oxygens (including phenoxy) is 3. The van der Waals surface area contributed by atoms with Crippen molar-refractivity contribution < 1.29 is 58.9 Å². The van der Waals surface area contributed by atoms with Gasteiger partial charge in [0.05, 0.1) is 0 Å². The van der Waals surface area contributed by atoms with Crippen molar-refractivity contribution in [1.29, 1.82) is 0 Å². The summed E-state index contributed by atoms with van der Waals surface area (Å²) in [5.74, 6) is -4.69. The molecule has 37 heavy (non-hydrogen) atoms. The fourth-order valence-corrected chi connectivity index (χ4v) is 3.73. The number of benzene rings is 2. The molecule has 2 aromatic carbocycles. The molecule has 5 atom stereocenters. The summed E-state index contributed by atoms with van der Waals surface area (Å²) in [7, 11) is 0. The first kappa shape index (κ1) is 25.9. The molecule has 0 aliphatic carbocycles. The average Bonchev–Trinajstić information content (AvgIpc) is 2.86. The van der Waals surface area contributed by atoms with Crippen molar-refractivity contribution in [1.82, 2.24) is 0 Å². The summed E-state index contributed by atoms with van der Waals surface area (Å²) < 4.78 is 21.3. The van der Waals surface area contributed by atoms with Crippen LogP contribution < -0.4 is 10.2 Å². The number of aliphatic carboxylic acids is 1. The Morgan fingerprint density at radius 2 is 1.65 bits per heavy atom. The maximum atomic E-state index is 12.6. The molecule has 2 heterocycles. The van der Waals surface area contributed by atoms with E-state index in [1.165, 1.54) is 0 Å². The van der Waals surface area contributed by atoms with Gasteiger partial charge in [-0.25, -0.2) is 0 Å². The van der Waals surface area contributed by atoms with Crippen molar-refractivity contribution in [3.05, 3.63) is 52.7 Å². The number of rotatable bonds is 7. The van der Waals surface area contributed by atoms with E-state index < -0.39 is 78.3 Å². The van der Waals surface area contributed by atoms with Gasteiger partial charge in [0.15, 0.2) is 16.9 Å². The fraction of sp³-hybridized carbons (Fsp3) is 0.292. The molecule has 3 aromatic rings. The van der Waals surface area contributed by atoms with Gasteiger partial charge in [0.25, 0.3) is 0 Å². The number of carbonyl (C=O) groups is 2. The summed E-state index contributed by atoms with van der Waals surface area (Å²) in [5, 5.41) is 59.9. The van der Waals surface area contributed by atoms with Crippen LogP contribution in [0.15, 0.2) is 51.7 Å². The second-order valence-electron chi connectivity index (χ2n) is 8.17. The largest absolute Gasteiger partial charge is 0.504 e. The number of phenols is 2. The highest BCUT2D eigenvalue weighted by Gasteiger charge is 2.46. The van der Waals surface area contributed by atoms with E-state index >= 15 is 0 Å². The van der Waals surface area contributed by atoms with Gasteiger partial charge in [-0.2, -0.15) is 0 Å². The third-order valence-electron chi connectivity index (χ3n) is 5.61. The van der Waals surface area contributed by atoms with Gasteiger partial charge in [-0.1, -0.05) is 30.3 Å². The molecule has 4 rings (SSSR count). The lowest BCUT2D eigenvalue weighted by molar-refractivity contribution is -0.278. The molecule has 13 heteroatoms. The summed E-state index contributed by atoms with van der Waals surface area (Å²) in [6, 6.07) is 10.8. The minimum atomic E-state index is -1.87. The highest BCUT2D eigenvalue weighted by molar-refractivity contribution is 5.90. The summed E-state index contributed by atoms with van der Waals surface area (Å²) in [5.41, 5.74) is -0.281. The van der Waals surface area contributed by atoms with Gasteiger partial charge in [0.1, 0.15) is 54.2 Å². The average molecular weight is 518 g/mol. The van der Waals surface area contributed by atoms with Crippen LogP contribution in [0.1, 0.15) is 6.42 Å². The number of hydrogen-bond donors (Lipinski definition) is 6. The van der Waals surface area contributed by atoms with Crippen LogP contribution in [0.4, 0.5) is 0 Å². The van der Waals surface area contributed by atoms with E-state index in [-0.39, 0.29) is 16.7 Å². The van der Waals surface area contributed by atoms with Crippen LogP contribution in [0.3, 0.4) is 0 Å². The lowest BCUT2D eigenvalue weighted by Gasteiger charge is -2.39. The van der Waals surface area contributed by atoms with Crippen molar-refractivity contribution >= 4 is 22.9 Å². The zero-order valence-corrected chi connectivity index (χ0v) is 18.9. The zero-order valence-electron chi connectivity index (χ0n) is 18.9. The maximum Gasteiger partial charge on any atom is 0.317 e. The molecule has 6 N–H and O–H groups in total. The maximum absolute atomic E-state index is 12.6. The number of aliphatic hydroxyl groups is 3. The minimum Gasteiger partial charge on any atom is -0.504 e. The van der Waals surface area contributed by atoms with Gasteiger partial charge in [-0.3, -0.25) is 14.4 Å².